The summed E-state index contributed by atoms with van der Waals surface area (Å²) in [6.07, 6.45) is 3.01. The van der Waals surface area contributed by atoms with Crippen molar-refractivity contribution in [2.75, 3.05) is 0 Å². The van der Waals surface area contributed by atoms with Crippen molar-refractivity contribution in [2.24, 2.45) is 10.3 Å². The molecule has 0 aliphatic heterocycles. The molecule has 0 atom stereocenters. The molecular formula is C18H24N2O2Si. The molecule has 2 aliphatic carbocycles. The summed E-state index contributed by atoms with van der Waals surface area (Å²) in [5.74, 6) is 0. The minimum absolute atomic E-state index is 0.0929. The van der Waals surface area contributed by atoms with Gasteiger partial charge in [0.05, 0.1) is 20.5 Å². The van der Waals surface area contributed by atoms with Gasteiger partial charge in [0.15, 0.2) is 0 Å². The van der Waals surface area contributed by atoms with Gasteiger partial charge >= 0.3 is 0 Å². The first-order valence-corrected chi connectivity index (χ1v) is 10.7. The van der Waals surface area contributed by atoms with Crippen LogP contribution < -0.4 is 5.19 Å². The molecule has 2 N–H and O–H groups in total. The standard InChI is InChI=1S/C18H24N2O2Si/c1-18(2,3)23(4,5)17-15(11-19-21)13-9-7-6-8-10-14(13)16(17)12-20-22/h6-12,21-22H,1-5H3/b19-11+,20-12+. The zero-order valence-corrected chi connectivity index (χ0v) is 15.3. The van der Waals surface area contributed by atoms with Gasteiger partial charge in [-0.2, -0.15) is 0 Å². The normalized spacial score (nSPS) is 13.4. The molecule has 0 radical (unpaired) electrons. The van der Waals surface area contributed by atoms with E-state index in [9.17, 15) is 10.4 Å². The second kappa shape index (κ2) is 6.16. The van der Waals surface area contributed by atoms with E-state index < -0.39 is 8.07 Å². The van der Waals surface area contributed by atoms with Crippen LogP contribution in [-0.2, 0) is 0 Å². The first kappa shape index (κ1) is 17.2. The van der Waals surface area contributed by atoms with Crippen LogP contribution in [-0.4, -0.2) is 30.9 Å². The molecule has 2 rings (SSSR count). The number of nitrogens with zero attached hydrogens (tertiary/aromatic N) is 2. The van der Waals surface area contributed by atoms with E-state index in [2.05, 4.69) is 44.2 Å². The summed E-state index contributed by atoms with van der Waals surface area (Å²) in [7, 11) is -1.96. The molecule has 5 heteroatoms. The highest BCUT2D eigenvalue weighted by atomic mass is 28.3. The Kier molecular flexibility index (Phi) is 4.61. The zero-order valence-electron chi connectivity index (χ0n) is 14.3. The van der Waals surface area contributed by atoms with E-state index in [4.69, 9.17) is 0 Å². The number of hydrogen-bond donors (Lipinski definition) is 2. The minimum Gasteiger partial charge on any atom is -0.411 e. The Labute approximate surface area is 138 Å². The Hall–Kier alpha value is -2.14. The molecule has 0 saturated carbocycles. The highest BCUT2D eigenvalue weighted by Crippen LogP contribution is 2.40. The van der Waals surface area contributed by atoms with Crippen molar-refractivity contribution in [3.8, 4) is 11.1 Å². The summed E-state index contributed by atoms with van der Waals surface area (Å²) in [6.45, 7) is 11.3. The van der Waals surface area contributed by atoms with Gasteiger partial charge in [-0.1, -0.05) is 74.5 Å². The Balaban J connectivity index is 2.99. The van der Waals surface area contributed by atoms with Crippen LogP contribution in [0.1, 0.15) is 31.9 Å². The second-order valence-corrected chi connectivity index (χ2v) is 12.6. The maximum Gasteiger partial charge on any atom is 0.0877 e. The van der Waals surface area contributed by atoms with Gasteiger partial charge in [0.25, 0.3) is 0 Å². The fourth-order valence-electron chi connectivity index (χ4n) is 2.86. The molecule has 122 valence electrons. The van der Waals surface area contributed by atoms with E-state index in [1.54, 1.807) is 0 Å². The summed E-state index contributed by atoms with van der Waals surface area (Å²) in [5.41, 5.74) is 3.84. The highest BCUT2D eigenvalue weighted by molar-refractivity contribution is 6.93. The predicted octanol–water partition coefficient (Wildman–Crippen LogP) is 4.12. The van der Waals surface area contributed by atoms with Crippen molar-refractivity contribution in [1.29, 1.82) is 0 Å². The first-order chi connectivity index (χ1) is 10.8. The van der Waals surface area contributed by atoms with Crippen LogP contribution >= 0.6 is 0 Å². The molecule has 0 unspecified atom stereocenters. The molecule has 0 spiro atoms. The number of rotatable bonds is 3. The van der Waals surface area contributed by atoms with Gasteiger partial charge in [0, 0.05) is 11.1 Å². The smallest absolute Gasteiger partial charge is 0.0877 e. The van der Waals surface area contributed by atoms with E-state index in [0.29, 0.717) is 0 Å². The lowest BCUT2D eigenvalue weighted by molar-refractivity contribution is 0.321. The molecule has 0 aromatic rings. The molecule has 0 saturated heterocycles. The molecule has 0 fully saturated rings. The minimum atomic E-state index is -1.96. The first-order valence-electron chi connectivity index (χ1n) is 7.65. The van der Waals surface area contributed by atoms with E-state index in [1.807, 2.05) is 30.3 Å². The van der Waals surface area contributed by atoms with E-state index >= 15 is 0 Å². The zero-order chi connectivity index (χ0) is 17.3. The van der Waals surface area contributed by atoms with Crippen molar-refractivity contribution < 1.29 is 10.4 Å². The van der Waals surface area contributed by atoms with Gasteiger partial charge in [0.1, 0.15) is 0 Å². The maximum atomic E-state index is 9.18. The van der Waals surface area contributed by atoms with E-state index in [0.717, 1.165) is 27.4 Å². The summed E-state index contributed by atoms with van der Waals surface area (Å²) in [5, 5.41) is 26.2. The number of hydrogen-bond acceptors (Lipinski definition) is 4. The summed E-state index contributed by atoms with van der Waals surface area (Å²) in [4.78, 5) is 0. The Bertz CT molecular complexity index is 684. The molecule has 0 bridgehead atoms. The topological polar surface area (TPSA) is 65.2 Å². The quantitative estimate of drug-likeness (QED) is 0.385. The van der Waals surface area contributed by atoms with Crippen LogP contribution in [0, 0.1) is 0 Å². The van der Waals surface area contributed by atoms with E-state index in [1.165, 1.54) is 12.4 Å². The summed E-state index contributed by atoms with van der Waals surface area (Å²) >= 11 is 0. The van der Waals surface area contributed by atoms with Crippen LogP contribution in [0.4, 0.5) is 0 Å². The van der Waals surface area contributed by atoms with Gasteiger partial charge < -0.3 is 10.4 Å². The Morgan fingerprint density at radius 1 is 0.870 bits per heavy atom. The van der Waals surface area contributed by atoms with Gasteiger partial charge in [-0.25, -0.2) is 0 Å². The van der Waals surface area contributed by atoms with Gasteiger partial charge in [-0.05, 0) is 21.4 Å². The van der Waals surface area contributed by atoms with Crippen LogP contribution in [0.3, 0.4) is 0 Å². The van der Waals surface area contributed by atoms with Crippen molar-refractivity contribution in [2.45, 2.75) is 38.9 Å². The number of oxime groups is 2. The second-order valence-electron chi connectivity index (χ2n) is 7.30. The lowest BCUT2D eigenvalue weighted by Crippen LogP contribution is -2.51. The molecule has 0 aromatic carbocycles. The molecule has 0 heterocycles. The van der Waals surface area contributed by atoms with Crippen molar-refractivity contribution in [3.63, 3.8) is 0 Å². The fourth-order valence-corrected chi connectivity index (χ4v) is 5.36. The van der Waals surface area contributed by atoms with Gasteiger partial charge in [-0.15, -0.1) is 0 Å². The average Bonchev–Trinajstić information content (AvgIpc) is 2.62. The largest absolute Gasteiger partial charge is 0.411 e. The molecule has 0 amide bonds. The Morgan fingerprint density at radius 3 is 1.65 bits per heavy atom. The van der Waals surface area contributed by atoms with Crippen LogP contribution in [0.5, 0.6) is 0 Å². The lowest BCUT2D eigenvalue weighted by atomic mass is 10.1. The van der Waals surface area contributed by atoms with Crippen LogP contribution in [0.2, 0.25) is 18.1 Å². The monoisotopic (exact) mass is 328 g/mol. The third-order valence-corrected chi connectivity index (χ3v) is 10.6. The lowest BCUT2D eigenvalue weighted by Gasteiger charge is -2.38. The van der Waals surface area contributed by atoms with Crippen molar-refractivity contribution >= 4 is 25.7 Å². The summed E-state index contributed by atoms with van der Waals surface area (Å²) in [6, 6.07) is 9.90. The van der Waals surface area contributed by atoms with Crippen molar-refractivity contribution in [1.82, 2.24) is 0 Å². The summed E-state index contributed by atoms with van der Waals surface area (Å²) < 4.78 is 0. The fraction of sp³-hybridized carbons (Fsp3) is 0.333. The number of fused-ring (bicyclic) bond motifs is 1. The molecule has 23 heavy (non-hydrogen) atoms. The third-order valence-electron chi connectivity index (χ3n) is 5.03. The molecule has 0 aromatic heterocycles. The van der Waals surface area contributed by atoms with Gasteiger partial charge in [0.2, 0.25) is 0 Å². The SMILES string of the molecule is CC(C)(C)[Si](C)(C)c1c(/C=N/O)c2cccccc-2c1/C=N/O. The Morgan fingerprint density at radius 2 is 1.30 bits per heavy atom. The molecule has 2 aliphatic rings. The van der Waals surface area contributed by atoms with E-state index in [-0.39, 0.29) is 5.04 Å². The predicted molar refractivity (Wildman–Crippen MR) is 98.7 cm³/mol. The molecular weight excluding hydrogens is 304 g/mol. The van der Waals surface area contributed by atoms with Gasteiger partial charge in [-0.3, -0.25) is 0 Å². The van der Waals surface area contributed by atoms with Crippen LogP contribution in [0.25, 0.3) is 11.1 Å². The third kappa shape index (κ3) is 2.88. The maximum absolute atomic E-state index is 9.18. The van der Waals surface area contributed by atoms with Crippen LogP contribution in [0.15, 0.2) is 40.6 Å². The van der Waals surface area contributed by atoms with Crippen molar-refractivity contribution in [3.05, 3.63) is 41.5 Å². The molecule has 4 nitrogen and oxygen atoms in total. The average molecular weight is 328 g/mol. The highest BCUT2D eigenvalue weighted by Gasteiger charge is 2.42.